The monoisotopic (exact) mass is 243 g/mol. The van der Waals surface area contributed by atoms with Crippen LogP contribution in [0.4, 0.5) is 0 Å². The largest absolute Gasteiger partial charge is 0.591 e. The van der Waals surface area contributed by atoms with Gasteiger partial charge >= 0.3 is 0 Å². The number of amidine groups is 1. The lowest BCUT2D eigenvalue weighted by atomic mass is 9.81. The zero-order chi connectivity index (χ0) is 11.8. The van der Waals surface area contributed by atoms with Gasteiger partial charge in [0.05, 0.1) is 11.4 Å². The number of nitrogens with zero attached hydrogens (tertiary/aromatic N) is 1. The van der Waals surface area contributed by atoms with Crippen molar-refractivity contribution in [3.8, 4) is 0 Å². The Labute approximate surface area is 100 Å². The van der Waals surface area contributed by atoms with E-state index in [2.05, 4.69) is 23.6 Å². The molecule has 1 aliphatic carbocycles. The van der Waals surface area contributed by atoms with Crippen LogP contribution in [0.1, 0.15) is 33.1 Å². The molecule has 2 rings (SSSR count). The van der Waals surface area contributed by atoms with Gasteiger partial charge in [-0.15, -0.1) is 0 Å². The minimum Gasteiger partial charge on any atom is -0.591 e. The van der Waals surface area contributed by atoms with E-state index in [-0.39, 0.29) is 5.41 Å². The van der Waals surface area contributed by atoms with Gasteiger partial charge in [-0.2, -0.15) is 4.72 Å². The molecule has 1 aliphatic heterocycles. The molecule has 0 aromatic carbocycles. The van der Waals surface area contributed by atoms with Gasteiger partial charge in [0.2, 0.25) is 5.88 Å². The summed E-state index contributed by atoms with van der Waals surface area (Å²) in [6.07, 6.45) is 3.19. The lowest BCUT2D eigenvalue weighted by molar-refractivity contribution is 0.306. The Morgan fingerprint density at radius 1 is 1.50 bits per heavy atom. The summed E-state index contributed by atoms with van der Waals surface area (Å²) < 4.78 is 14.1. The van der Waals surface area contributed by atoms with E-state index in [1.54, 1.807) is 0 Å². The van der Waals surface area contributed by atoms with Crippen LogP contribution >= 0.6 is 0 Å². The van der Waals surface area contributed by atoms with Gasteiger partial charge in [0.25, 0.3) is 0 Å². The molecule has 0 aromatic rings. The van der Waals surface area contributed by atoms with Gasteiger partial charge in [0.15, 0.2) is 0 Å². The Morgan fingerprint density at radius 2 is 2.12 bits per heavy atom. The lowest BCUT2D eigenvalue weighted by Gasteiger charge is -2.27. The van der Waals surface area contributed by atoms with Crippen molar-refractivity contribution < 1.29 is 4.55 Å². The summed E-state index contributed by atoms with van der Waals surface area (Å²) in [6.45, 7) is 5.29. The highest BCUT2D eigenvalue weighted by Gasteiger charge is 2.42. The predicted molar refractivity (Wildman–Crippen MR) is 67.2 cm³/mol. The number of hydrogen-bond acceptors (Lipinski definition) is 4. The summed E-state index contributed by atoms with van der Waals surface area (Å²) in [6, 6.07) is 0. The van der Waals surface area contributed by atoms with E-state index in [1.165, 1.54) is 0 Å². The van der Waals surface area contributed by atoms with Gasteiger partial charge in [0, 0.05) is 6.42 Å². The fourth-order valence-corrected chi connectivity index (χ4v) is 3.75. The van der Waals surface area contributed by atoms with Crippen LogP contribution in [0, 0.1) is 17.3 Å². The molecule has 0 radical (unpaired) electrons. The average Bonchev–Trinajstić information content (AvgIpc) is 2.74. The molecule has 3 N–H and O–H groups in total. The molecule has 0 amide bonds. The summed E-state index contributed by atoms with van der Waals surface area (Å²) >= 11 is -0.985. The summed E-state index contributed by atoms with van der Waals surface area (Å²) in [7, 11) is 0. The fourth-order valence-electron chi connectivity index (χ4n) is 3.01. The summed E-state index contributed by atoms with van der Waals surface area (Å²) in [5, 5.41) is 0. The highest BCUT2D eigenvalue weighted by Crippen LogP contribution is 2.47. The van der Waals surface area contributed by atoms with Crippen molar-refractivity contribution in [2.75, 3.05) is 12.4 Å². The molecule has 16 heavy (non-hydrogen) atoms. The number of aliphatic imine (C=N–C) groups is 1. The van der Waals surface area contributed by atoms with Crippen LogP contribution in [-0.2, 0) is 11.4 Å². The molecule has 92 valence electrons. The van der Waals surface area contributed by atoms with Crippen molar-refractivity contribution in [1.82, 2.24) is 4.72 Å². The van der Waals surface area contributed by atoms with E-state index >= 15 is 0 Å². The van der Waals surface area contributed by atoms with Crippen molar-refractivity contribution >= 4 is 17.2 Å². The van der Waals surface area contributed by atoms with E-state index < -0.39 is 11.4 Å². The van der Waals surface area contributed by atoms with Gasteiger partial charge < -0.3 is 10.3 Å². The Hall–Kier alpha value is -0.260. The standard InChI is InChI=1S/C11H21N3OS/c1-8-3-11(6-12,4-9(8)2)5-10-13-7-16(15)14-10/h8-9H,3-7,12H2,1-2H3,(H,13,14)/t8-,9+,11+,16?. The first-order valence-electron chi connectivity index (χ1n) is 5.93. The Kier molecular flexibility index (Phi) is 3.47. The molecule has 1 unspecified atom stereocenters. The molecule has 4 nitrogen and oxygen atoms in total. The molecule has 0 spiro atoms. The van der Waals surface area contributed by atoms with Gasteiger partial charge in [-0.3, -0.25) is 0 Å². The maximum Gasteiger partial charge on any atom is 0.222 e. The second kappa shape index (κ2) is 4.55. The Morgan fingerprint density at radius 3 is 2.56 bits per heavy atom. The zero-order valence-electron chi connectivity index (χ0n) is 10.0. The van der Waals surface area contributed by atoms with Crippen molar-refractivity contribution in [2.45, 2.75) is 33.1 Å². The molecule has 2 aliphatic rings. The van der Waals surface area contributed by atoms with Crippen molar-refractivity contribution in [3.63, 3.8) is 0 Å². The normalized spacial score (nSPS) is 43.2. The minimum atomic E-state index is -0.985. The van der Waals surface area contributed by atoms with Crippen LogP contribution in [0.2, 0.25) is 0 Å². The molecule has 0 saturated heterocycles. The number of nitrogens with one attached hydrogen (secondary N) is 1. The maximum absolute atomic E-state index is 11.2. The first-order valence-corrected chi connectivity index (χ1v) is 7.25. The van der Waals surface area contributed by atoms with Crippen molar-refractivity contribution in [2.24, 2.45) is 28.0 Å². The van der Waals surface area contributed by atoms with E-state index in [0.717, 1.165) is 36.9 Å². The van der Waals surface area contributed by atoms with Crippen LogP contribution in [0.25, 0.3) is 0 Å². The van der Waals surface area contributed by atoms with Crippen LogP contribution in [0.5, 0.6) is 0 Å². The quantitative estimate of drug-likeness (QED) is 0.727. The van der Waals surface area contributed by atoms with Crippen molar-refractivity contribution in [3.05, 3.63) is 0 Å². The van der Waals surface area contributed by atoms with Crippen molar-refractivity contribution in [1.29, 1.82) is 0 Å². The number of rotatable bonds is 3. The van der Waals surface area contributed by atoms with E-state index in [0.29, 0.717) is 12.4 Å². The van der Waals surface area contributed by atoms with Gasteiger partial charge in [0.1, 0.15) is 5.84 Å². The molecule has 1 fully saturated rings. The average molecular weight is 243 g/mol. The first-order chi connectivity index (χ1) is 7.54. The summed E-state index contributed by atoms with van der Waals surface area (Å²) in [5.41, 5.74) is 6.13. The van der Waals surface area contributed by atoms with Crippen LogP contribution in [0.15, 0.2) is 4.99 Å². The zero-order valence-corrected chi connectivity index (χ0v) is 10.8. The number of hydrogen-bond donors (Lipinski definition) is 2. The fraction of sp³-hybridized carbons (Fsp3) is 0.909. The molecule has 1 saturated carbocycles. The lowest BCUT2D eigenvalue weighted by Crippen LogP contribution is -2.35. The van der Waals surface area contributed by atoms with E-state index in [1.807, 2.05) is 0 Å². The third kappa shape index (κ3) is 2.36. The van der Waals surface area contributed by atoms with E-state index in [4.69, 9.17) is 5.73 Å². The third-order valence-electron chi connectivity index (χ3n) is 4.06. The highest BCUT2D eigenvalue weighted by atomic mass is 32.2. The van der Waals surface area contributed by atoms with Gasteiger partial charge in [-0.05, 0) is 36.6 Å². The maximum atomic E-state index is 11.2. The topological polar surface area (TPSA) is 73.5 Å². The molecule has 4 atom stereocenters. The van der Waals surface area contributed by atoms with Gasteiger partial charge in [-0.1, -0.05) is 13.8 Å². The van der Waals surface area contributed by atoms with E-state index in [9.17, 15) is 4.55 Å². The van der Waals surface area contributed by atoms with Crippen LogP contribution in [-0.4, -0.2) is 22.8 Å². The smallest absolute Gasteiger partial charge is 0.222 e. The summed E-state index contributed by atoms with van der Waals surface area (Å²) in [4.78, 5) is 4.27. The molecule has 1 heterocycles. The second-order valence-corrected chi connectivity index (χ2v) is 6.58. The minimum absolute atomic E-state index is 0.180. The van der Waals surface area contributed by atoms with Crippen LogP contribution in [0.3, 0.4) is 0 Å². The SMILES string of the molecule is C[C@@H]1C[C@@](CN)(CC2=NC[S+]([O-])N2)C[C@@H]1C. The molecular weight excluding hydrogens is 222 g/mol. The van der Waals surface area contributed by atoms with Gasteiger partial charge in [-0.25, -0.2) is 4.99 Å². The Balaban J connectivity index is 2.01. The van der Waals surface area contributed by atoms with Crippen LogP contribution < -0.4 is 10.5 Å². The molecular formula is C11H21N3OS. The number of nitrogens with two attached hydrogens (primary N) is 1. The predicted octanol–water partition coefficient (Wildman–Crippen LogP) is 1.01. The Bertz CT molecular complexity index is 285. The molecule has 5 heteroatoms. The highest BCUT2D eigenvalue weighted by molar-refractivity contribution is 7.90. The second-order valence-electron chi connectivity index (χ2n) is 5.43. The molecule has 0 aromatic heterocycles. The third-order valence-corrected chi connectivity index (χ3v) is 4.89. The first kappa shape index (κ1) is 12.2. The summed E-state index contributed by atoms with van der Waals surface area (Å²) in [5.74, 6) is 2.76. The molecule has 0 bridgehead atoms.